The number of rotatable bonds is 4. The minimum Gasteiger partial charge on any atom is -0.330 e. The first-order valence-electron chi connectivity index (χ1n) is 4.77. The van der Waals surface area contributed by atoms with Crippen LogP contribution >= 0.6 is 11.8 Å². The molecule has 1 aliphatic heterocycles. The standard InChI is InChI=1S/C10H19NS/c1-9(4-5-11)7-10-3-2-6-12-8-10/h10H,1-8,11H2. The molecule has 70 valence electrons. The lowest BCUT2D eigenvalue weighted by Gasteiger charge is -2.21. The zero-order valence-electron chi connectivity index (χ0n) is 7.72. The zero-order chi connectivity index (χ0) is 8.81. The van der Waals surface area contributed by atoms with Crippen molar-refractivity contribution in [3.8, 4) is 0 Å². The number of nitrogens with two attached hydrogens (primary N) is 1. The lowest BCUT2D eigenvalue weighted by atomic mass is 9.96. The molecule has 0 saturated carbocycles. The topological polar surface area (TPSA) is 26.0 Å². The molecule has 0 aliphatic carbocycles. The Kier molecular flexibility index (Phi) is 4.77. The molecule has 1 fully saturated rings. The fourth-order valence-electron chi connectivity index (χ4n) is 1.68. The summed E-state index contributed by atoms with van der Waals surface area (Å²) in [5, 5.41) is 0. The van der Waals surface area contributed by atoms with Gasteiger partial charge in [0, 0.05) is 0 Å². The van der Waals surface area contributed by atoms with E-state index < -0.39 is 0 Å². The molecule has 0 amide bonds. The summed E-state index contributed by atoms with van der Waals surface area (Å²) in [6.45, 7) is 4.81. The third-order valence-corrected chi connectivity index (χ3v) is 3.61. The maximum Gasteiger partial charge on any atom is -0.00361 e. The number of thioether (sulfide) groups is 1. The average Bonchev–Trinajstić information content (AvgIpc) is 2.06. The highest BCUT2D eigenvalue weighted by Crippen LogP contribution is 2.27. The summed E-state index contributed by atoms with van der Waals surface area (Å²) in [5.74, 6) is 3.59. The quantitative estimate of drug-likeness (QED) is 0.681. The van der Waals surface area contributed by atoms with Crippen LogP contribution in [0.4, 0.5) is 0 Å². The van der Waals surface area contributed by atoms with Crippen molar-refractivity contribution in [1.82, 2.24) is 0 Å². The number of hydrogen-bond acceptors (Lipinski definition) is 2. The van der Waals surface area contributed by atoms with E-state index in [0.29, 0.717) is 0 Å². The first-order chi connectivity index (χ1) is 5.83. The van der Waals surface area contributed by atoms with Crippen molar-refractivity contribution in [1.29, 1.82) is 0 Å². The Balaban J connectivity index is 2.15. The summed E-state index contributed by atoms with van der Waals surface area (Å²) in [7, 11) is 0. The monoisotopic (exact) mass is 185 g/mol. The summed E-state index contributed by atoms with van der Waals surface area (Å²) in [4.78, 5) is 0. The molecule has 12 heavy (non-hydrogen) atoms. The Morgan fingerprint density at radius 1 is 1.58 bits per heavy atom. The molecule has 0 radical (unpaired) electrons. The smallest absolute Gasteiger partial charge is 0.00361 e. The van der Waals surface area contributed by atoms with Gasteiger partial charge in [0.15, 0.2) is 0 Å². The van der Waals surface area contributed by atoms with E-state index in [1.54, 1.807) is 0 Å². The van der Waals surface area contributed by atoms with Gasteiger partial charge in [-0.05, 0) is 49.7 Å². The van der Waals surface area contributed by atoms with Crippen molar-refractivity contribution in [2.24, 2.45) is 11.7 Å². The normalized spacial score (nSPS) is 23.9. The van der Waals surface area contributed by atoms with Crippen molar-refractivity contribution in [3.63, 3.8) is 0 Å². The zero-order valence-corrected chi connectivity index (χ0v) is 8.54. The fourth-order valence-corrected chi connectivity index (χ4v) is 2.84. The first kappa shape index (κ1) is 10.1. The molecule has 2 heteroatoms. The molecule has 0 aromatic rings. The minimum atomic E-state index is 0.763. The van der Waals surface area contributed by atoms with Gasteiger partial charge in [0.05, 0.1) is 0 Å². The Morgan fingerprint density at radius 3 is 3.00 bits per heavy atom. The van der Waals surface area contributed by atoms with Gasteiger partial charge in [-0.2, -0.15) is 11.8 Å². The van der Waals surface area contributed by atoms with Crippen LogP contribution in [-0.4, -0.2) is 18.1 Å². The molecule has 0 aromatic heterocycles. The van der Waals surface area contributed by atoms with Gasteiger partial charge in [-0.1, -0.05) is 12.2 Å². The first-order valence-corrected chi connectivity index (χ1v) is 5.93. The summed E-state index contributed by atoms with van der Waals surface area (Å²) in [6.07, 6.45) is 5.02. The van der Waals surface area contributed by atoms with Crippen LogP contribution in [0, 0.1) is 5.92 Å². The Bertz CT molecular complexity index is 139. The molecule has 1 heterocycles. The summed E-state index contributed by atoms with van der Waals surface area (Å²) < 4.78 is 0. The fraction of sp³-hybridized carbons (Fsp3) is 0.800. The summed E-state index contributed by atoms with van der Waals surface area (Å²) in [6, 6.07) is 0. The van der Waals surface area contributed by atoms with E-state index in [9.17, 15) is 0 Å². The van der Waals surface area contributed by atoms with Crippen LogP contribution in [0.3, 0.4) is 0 Å². The van der Waals surface area contributed by atoms with Gasteiger partial charge in [-0.15, -0.1) is 0 Å². The maximum absolute atomic E-state index is 5.47. The molecule has 0 bridgehead atoms. The van der Waals surface area contributed by atoms with Gasteiger partial charge in [0.1, 0.15) is 0 Å². The summed E-state index contributed by atoms with van der Waals surface area (Å²) in [5.41, 5.74) is 6.82. The lowest BCUT2D eigenvalue weighted by molar-refractivity contribution is 0.513. The molecule has 1 nitrogen and oxygen atoms in total. The highest BCUT2D eigenvalue weighted by molar-refractivity contribution is 7.99. The lowest BCUT2D eigenvalue weighted by Crippen LogP contribution is -2.12. The van der Waals surface area contributed by atoms with E-state index in [0.717, 1.165) is 18.9 Å². The molecule has 1 rings (SSSR count). The summed E-state index contributed by atoms with van der Waals surface area (Å²) >= 11 is 2.09. The van der Waals surface area contributed by atoms with Crippen LogP contribution < -0.4 is 5.73 Å². The molecular weight excluding hydrogens is 166 g/mol. The second-order valence-electron chi connectivity index (χ2n) is 3.58. The SMILES string of the molecule is C=C(CCN)CC1CCCSC1. The maximum atomic E-state index is 5.47. The molecule has 0 spiro atoms. The molecule has 1 unspecified atom stereocenters. The van der Waals surface area contributed by atoms with Gasteiger partial charge in [-0.3, -0.25) is 0 Å². The third-order valence-electron chi connectivity index (χ3n) is 2.33. The minimum absolute atomic E-state index is 0.763. The van der Waals surface area contributed by atoms with E-state index >= 15 is 0 Å². The van der Waals surface area contributed by atoms with E-state index in [1.807, 2.05) is 0 Å². The average molecular weight is 185 g/mol. The van der Waals surface area contributed by atoms with E-state index in [1.165, 1.54) is 36.3 Å². The van der Waals surface area contributed by atoms with Crippen LogP contribution in [0.15, 0.2) is 12.2 Å². The van der Waals surface area contributed by atoms with Crippen molar-refractivity contribution < 1.29 is 0 Å². The van der Waals surface area contributed by atoms with Gasteiger partial charge in [-0.25, -0.2) is 0 Å². The van der Waals surface area contributed by atoms with E-state index in [2.05, 4.69) is 18.3 Å². The molecule has 1 aliphatic rings. The Hall–Kier alpha value is 0.0500. The predicted molar refractivity (Wildman–Crippen MR) is 57.5 cm³/mol. The highest BCUT2D eigenvalue weighted by atomic mass is 32.2. The second-order valence-corrected chi connectivity index (χ2v) is 4.73. The van der Waals surface area contributed by atoms with Crippen molar-refractivity contribution >= 4 is 11.8 Å². The van der Waals surface area contributed by atoms with Gasteiger partial charge >= 0.3 is 0 Å². The van der Waals surface area contributed by atoms with Gasteiger partial charge in [0.2, 0.25) is 0 Å². The van der Waals surface area contributed by atoms with Crippen LogP contribution in [-0.2, 0) is 0 Å². The largest absolute Gasteiger partial charge is 0.330 e. The predicted octanol–water partition coefficient (Wildman–Crippen LogP) is 2.42. The molecular formula is C10H19NS. The van der Waals surface area contributed by atoms with E-state index in [4.69, 9.17) is 5.73 Å². The molecule has 0 aromatic carbocycles. The Morgan fingerprint density at radius 2 is 2.42 bits per heavy atom. The molecule has 1 saturated heterocycles. The van der Waals surface area contributed by atoms with Gasteiger partial charge < -0.3 is 5.73 Å². The molecule has 2 N–H and O–H groups in total. The Labute approximate surface area is 79.8 Å². The number of hydrogen-bond donors (Lipinski definition) is 1. The van der Waals surface area contributed by atoms with E-state index in [-0.39, 0.29) is 0 Å². The second kappa shape index (κ2) is 5.65. The highest BCUT2D eigenvalue weighted by Gasteiger charge is 2.13. The van der Waals surface area contributed by atoms with Crippen LogP contribution in [0.1, 0.15) is 25.7 Å². The van der Waals surface area contributed by atoms with Gasteiger partial charge in [0.25, 0.3) is 0 Å². The van der Waals surface area contributed by atoms with Crippen molar-refractivity contribution in [2.75, 3.05) is 18.1 Å². The van der Waals surface area contributed by atoms with Crippen LogP contribution in [0.5, 0.6) is 0 Å². The third kappa shape index (κ3) is 3.63. The van der Waals surface area contributed by atoms with Crippen LogP contribution in [0.25, 0.3) is 0 Å². The van der Waals surface area contributed by atoms with Crippen molar-refractivity contribution in [2.45, 2.75) is 25.7 Å². The van der Waals surface area contributed by atoms with Crippen LogP contribution in [0.2, 0.25) is 0 Å². The molecule has 1 atom stereocenters. The van der Waals surface area contributed by atoms with Crippen molar-refractivity contribution in [3.05, 3.63) is 12.2 Å².